The number of hydrogen-bond donors (Lipinski definition) is 1. The van der Waals surface area contributed by atoms with Gasteiger partial charge in [-0.05, 0) is 27.7 Å². The van der Waals surface area contributed by atoms with Crippen molar-refractivity contribution in [3.63, 3.8) is 0 Å². The van der Waals surface area contributed by atoms with E-state index in [2.05, 4.69) is 5.32 Å². The Balaban J connectivity index is 4.27. The van der Waals surface area contributed by atoms with Crippen molar-refractivity contribution in [1.29, 1.82) is 5.26 Å². The number of nitrogens with zero attached hydrogens (tertiary/aromatic N) is 1. The maximum Gasteiger partial charge on any atom is 0.247 e. The molecule has 0 spiro atoms. The fourth-order valence-corrected chi connectivity index (χ4v) is 0.564. The first-order chi connectivity index (χ1) is 5.49. The molecule has 3 nitrogen and oxygen atoms in total. The maximum absolute atomic E-state index is 11.2. The standard InChI is InChI=1S/C9H14N2O/c1-6(2)8(4)9(12)11-7(3)5-10/h7H,1-4H3,(H,11,12)/t7-/m1/s1. The predicted molar refractivity (Wildman–Crippen MR) is 47.3 cm³/mol. The molecule has 0 heterocycles. The summed E-state index contributed by atoms with van der Waals surface area (Å²) in [5.74, 6) is -0.163. The number of nitriles is 1. The van der Waals surface area contributed by atoms with Crippen LogP contribution in [0.2, 0.25) is 0 Å². The molecule has 0 saturated heterocycles. The van der Waals surface area contributed by atoms with Crippen molar-refractivity contribution in [3.8, 4) is 6.07 Å². The number of rotatable bonds is 2. The van der Waals surface area contributed by atoms with Crippen molar-refractivity contribution in [2.24, 2.45) is 0 Å². The summed E-state index contributed by atoms with van der Waals surface area (Å²) in [7, 11) is 0. The van der Waals surface area contributed by atoms with Gasteiger partial charge in [-0.25, -0.2) is 0 Å². The largest absolute Gasteiger partial charge is 0.337 e. The monoisotopic (exact) mass is 166 g/mol. The third-order valence-electron chi connectivity index (χ3n) is 1.63. The Morgan fingerprint density at radius 2 is 1.92 bits per heavy atom. The summed E-state index contributed by atoms with van der Waals surface area (Å²) in [6, 6.07) is 1.51. The van der Waals surface area contributed by atoms with E-state index in [4.69, 9.17) is 5.26 Å². The maximum atomic E-state index is 11.2. The van der Waals surface area contributed by atoms with Crippen molar-refractivity contribution in [1.82, 2.24) is 5.32 Å². The third-order valence-corrected chi connectivity index (χ3v) is 1.63. The second kappa shape index (κ2) is 4.55. The van der Waals surface area contributed by atoms with E-state index in [0.717, 1.165) is 5.57 Å². The molecular weight excluding hydrogens is 152 g/mol. The molecule has 12 heavy (non-hydrogen) atoms. The number of carbonyl (C=O) groups excluding carboxylic acids is 1. The van der Waals surface area contributed by atoms with E-state index in [9.17, 15) is 4.79 Å². The van der Waals surface area contributed by atoms with Crippen molar-refractivity contribution in [2.75, 3.05) is 0 Å². The topological polar surface area (TPSA) is 52.9 Å². The van der Waals surface area contributed by atoms with Gasteiger partial charge in [0.15, 0.2) is 0 Å². The fourth-order valence-electron chi connectivity index (χ4n) is 0.564. The van der Waals surface area contributed by atoms with Gasteiger partial charge in [-0.1, -0.05) is 5.57 Å². The van der Waals surface area contributed by atoms with Crippen LogP contribution in [0.1, 0.15) is 27.7 Å². The van der Waals surface area contributed by atoms with Crippen LogP contribution in [0.5, 0.6) is 0 Å². The molecule has 0 aromatic heterocycles. The number of carbonyl (C=O) groups is 1. The van der Waals surface area contributed by atoms with E-state index in [0.29, 0.717) is 5.57 Å². The Labute approximate surface area is 73.1 Å². The van der Waals surface area contributed by atoms with Crippen LogP contribution in [0.15, 0.2) is 11.1 Å². The predicted octanol–water partition coefficient (Wildman–Crippen LogP) is 1.37. The van der Waals surface area contributed by atoms with E-state index in [1.54, 1.807) is 13.8 Å². The van der Waals surface area contributed by atoms with Crippen molar-refractivity contribution >= 4 is 5.91 Å². The van der Waals surface area contributed by atoms with Gasteiger partial charge >= 0.3 is 0 Å². The lowest BCUT2D eigenvalue weighted by Crippen LogP contribution is -2.32. The third kappa shape index (κ3) is 3.20. The van der Waals surface area contributed by atoms with E-state index >= 15 is 0 Å². The molecule has 1 N–H and O–H groups in total. The van der Waals surface area contributed by atoms with Crippen LogP contribution in [0.3, 0.4) is 0 Å². The molecule has 0 unspecified atom stereocenters. The average molecular weight is 166 g/mol. The zero-order valence-corrected chi connectivity index (χ0v) is 7.93. The first-order valence-electron chi connectivity index (χ1n) is 3.83. The van der Waals surface area contributed by atoms with Crippen LogP contribution >= 0.6 is 0 Å². The normalized spacial score (nSPS) is 11.2. The minimum atomic E-state index is -0.424. The first kappa shape index (κ1) is 10.7. The van der Waals surface area contributed by atoms with Gasteiger partial charge in [0.2, 0.25) is 5.91 Å². The average Bonchev–Trinajstić information content (AvgIpc) is 2.02. The van der Waals surface area contributed by atoms with E-state index in [1.807, 2.05) is 19.9 Å². The number of hydrogen-bond acceptors (Lipinski definition) is 2. The van der Waals surface area contributed by atoms with Crippen LogP contribution < -0.4 is 5.32 Å². The first-order valence-corrected chi connectivity index (χ1v) is 3.83. The molecule has 0 aromatic rings. The Morgan fingerprint density at radius 3 is 2.25 bits per heavy atom. The Bertz CT molecular complexity index is 244. The fraction of sp³-hybridized carbons (Fsp3) is 0.556. The van der Waals surface area contributed by atoms with E-state index in [1.165, 1.54) is 0 Å². The minimum Gasteiger partial charge on any atom is -0.337 e. The van der Waals surface area contributed by atoms with Gasteiger partial charge in [0.05, 0.1) is 6.07 Å². The molecule has 0 radical (unpaired) electrons. The summed E-state index contributed by atoms with van der Waals surface area (Å²) in [6.07, 6.45) is 0. The quantitative estimate of drug-likeness (QED) is 0.630. The molecule has 0 fully saturated rings. The number of allylic oxidation sites excluding steroid dienone is 1. The SMILES string of the molecule is CC(C)=C(C)C(=O)N[C@H](C)C#N. The highest BCUT2D eigenvalue weighted by Gasteiger charge is 2.08. The second-order valence-electron chi connectivity index (χ2n) is 2.95. The number of nitrogens with one attached hydrogen (secondary N) is 1. The summed E-state index contributed by atoms with van der Waals surface area (Å²) >= 11 is 0. The smallest absolute Gasteiger partial charge is 0.247 e. The molecule has 1 atom stereocenters. The molecule has 0 saturated carbocycles. The van der Waals surface area contributed by atoms with Gasteiger partial charge in [-0.15, -0.1) is 0 Å². The minimum absolute atomic E-state index is 0.163. The molecule has 0 aliphatic carbocycles. The van der Waals surface area contributed by atoms with Crippen LogP contribution in [-0.4, -0.2) is 11.9 Å². The van der Waals surface area contributed by atoms with Crippen LogP contribution in [0, 0.1) is 11.3 Å². The van der Waals surface area contributed by atoms with Crippen LogP contribution in [0.25, 0.3) is 0 Å². The van der Waals surface area contributed by atoms with Gasteiger partial charge in [-0.3, -0.25) is 4.79 Å². The molecule has 3 heteroatoms. The van der Waals surface area contributed by atoms with Crippen molar-refractivity contribution in [3.05, 3.63) is 11.1 Å². The van der Waals surface area contributed by atoms with E-state index < -0.39 is 6.04 Å². The van der Waals surface area contributed by atoms with E-state index in [-0.39, 0.29) is 5.91 Å². The molecule has 1 amide bonds. The highest BCUT2D eigenvalue weighted by molar-refractivity contribution is 5.93. The Hall–Kier alpha value is -1.30. The molecular formula is C9H14N2O. The zero-order chi connectivity index (χ0) is 9.72. The summed E-state index contributed by atoms with van der Waals surface area (Å²) in [4.78, 5) is 11.2. The lowest BCUT2D eigenvalue weighted by Gasteiger charge is -2.07. The summed E-state index contributed by atoms with van der Waals surface area (Å²) in [5, 5.41) is 11.0. The molecule has 0 bridgehead atoms. The van der Waals surface area contributed by atoms with Gasteiger partial charge < -0.3 is 5.32 Å². The summed E-state index contributed by atoms with van der Waals surface area (Å²) in [5.41, 5.74) is 1.65. The lowest BCUT2D eigenvalue weighted by atomic mass is 10.1. The van der Waals surface area contributed by atoms with Crippen molar-refractivity contribution in [2.45, 2.75) is 33.7 Å². The van der Waals surface area contributed by atoms with Gasteiger partial charge in [0, 0.05) is 5.57 Å². The molecule has 66 valence electrons. The van der Waals surface area contributed by atoms with Crippen LogP contribution in [-0.2, 0) is 4.79 Å². The molecule has 0 rings (SSSR count). The Morgan fingerprint density at radius 1 is 1.42 bits per heavy atom. The lowest BCUT2D eigenvalue weighted by molar-refractivity contribution is -0.117. The van der Waals surface area contributed by atoms with Gasteiger partial charge in [0.1, 0.15) is 6.04 Å². The van der Waals surface area contributed by atoms with Gasteiger partial charge in [0.25, 0.3) is 0 Å². The highest BCUT2D eigenvalue weighted by Crippen LogP contribution is 2.01. The molecule has 0 aromatic carbocycles. The number of amides is 1. The molecule has 0 aliphatic rings. The van der Waals surface area contributed by atoms with Crippen LogP contribution in [0.4, 0.5) is 0 Å². The van der Waals surface area contributed by atoms with Crippen molar-refractivity contribution < 1.29 is 4.79 Å². The molecule has 0 aliphatic heterocycles. The van der Waals surface area contributed by atoms with Gasteiger partial charge in [-0.2, -0.15) is 5.26 Å². The highest BCUT2D eigenvalue weighted by atomic mass is 16.1. The summed E-state index contributed by atoms with van der Waals surface area (Å²) in [6.45, 7) is 7.13. The Kier molecular flexibility index (Phi) is 4.06. The second-order valence-corrected chi connectivity index (χ2v) is 2.95. The summed E-state index contributed by atoms with van der Waals surface area (Å²) < 4.78 is 0. The zero-order valence-electron chi connectivity index (χ0n) is 7.93.